The molecule has 3 aromatic rings. The van der Waals surface area contributed by atoms with E-state index in [9.17, 15) is 9.59 Å². The number of carbonyl (C=O) groups excluding carboxylic acids is 1. The number of benzene rings is 2. The van der Waals surface area contributed by atoms with Gasteiger partial charge in [0.05, 0.1) is 5.69 Å². The van der Waals surface area contributed by atoms with Crippen LogP contribution in [0.5, 0.6) is 5.75 Å². The Hall–Kier alpha value is -3.47. The zero-order chi connectivity index (χ0) is 23.8. The quantitative estimate of drug-likeness (QED) is 0.356. The number of hydrogen-bond acceptors (Lipinski definition) is 4. The lowest BCUT2D eigenvalue weighted by atomic mass is 9.92. The number of rotatable bonds is 11. The Labute approximate surface area is 195 Å². The Morgan fingerprint density at radius 1 is 1.00 bits per heavy atom. The molecule has 5 nitrogen and oxygen atoms in total. The van der Waals surface area contributed by atoms with E-state index >= 15 is 0 Å². The molecule has 0 unspecified atom stereocenters. The first-order valence-electron chi connectivity index (χ1n) is 11.4. The molecule has 0 fully saturated rings. The standard InChI is InChI=1S/C28H31NO4/c1-4-6-21-9-10-24(16-23(21)7-5-8-28(31)32)26-17-22(20(3)30)11-12-27(26)33-18-25-15-19(2)13-14-29-25/h9-17H,4-8,18H2,1-3H3,(H,31,32). The second kappa shape index (κ2) is 11.4. The molecule has 0 aliphatic carbocycles. The fraction of sp³-hybridized carbons (Fsp3) is 0.321. The first kappa shape index (κ1) is 24.2. The van der Waals surface area contributed by atoms with Crippen LogP contribution in [0.15, 0.2) is 54.7 Å². The second-order valence-electron chi connectivity index (χ2n) is 8.36. The van der Waals surface area contributed by atoms with Crippen molar-refractivity contribution in [3.05, 3.63) is 82.7 Å². The minimum absolute atomic E-state index is 0.00700. The molecule has 2 aromatic carbocycles. The van der Waals surface area contributed by atoms with Gasteiger partial charge in [0.2, 0.25) is 0 Å². The third-order valence-corrected chi connectivity index (χ3v) is 5.61. The van der Waals surface area contributed by atoms with Crippen LogP contribution in [-0.4, -0.2) is 21.8 Å². The number of ketones is 1. The van der Waals surface area contributed by atoms with E-state index in [0.717, 1.165) is 40.8 Å². The normalized spacial score (nSPS) is 10.8. The van der Waals surface area contributed by atoms with Gasteiger partial charge in [0.1, 0.15) is 12.4 Å². The first-order chi connectivity index (χ1) is 15.9. The number of nitrogens with zero attached hydrogens (tertiary/aromatic N) is 1. The second-order valence-corrected chi connectivity index (χ2v) is 8.36. The average Bonchev–Trinajstić information content (AvgIpc) is 2.78. The zero-order valence-electron chi connectivity index (χ0n) is 19.6. The highest BCUT2D eigenvalue weighted by Gasteiger charge is 2.13. The van der Waals surface area contributed by atoms with Gasteiger partial charge in [-0.2, -0.15) is 0 Å². The molecule has 1 N–H and O–H groups in total. The molecule has 0 saturated carbocycles. The van der Waals surface area contributed by atoms with Crippen molar-refractivity contribution in [2.75, 3.05) is 0 Å². The van der Waals surface area contributed by atoms with Crippen LogP contribution in [0.2, 0.25) is 0 Å². The Balaban J connectivity index is 1.96. The van der Waals surface area contributed by atoms with Gasteiger partial charge < -0.3 is 9.84 Å². The molecule has 0 aliphatic heterocycles. The summed E-state index contributed by atoms with van der Waals surface area (Å²) in [7, 11) is 0. The van der Waals surface area contributed by atoms with Crippen molar-refractivity contribution in [2.24, 2.45) is 0 Å². The highest BCUT2D eigenvalue weighted by Crippen LogP contribution is 2.34. The van der Waals surface area contributed by atoms with Crippen LogP contribution < -0.4 is 4.74 Å². The van der Waals surface area contributed by atoms with E-state index in [1.807, 2.05) is 31.2 Å². The van der Waals surface area contributed by atoms with Crippen LogP contribution >= 0.6 is 0 Å². The lowest BCUT2D eigenvalue weighted by Gasteiger charge is -2.16. The van der Waals surface area contributed by atoms with E-state index in [1.54, 1.807) is 19.2 Å². The van der Waals surface area contributed by atoms with Crippen LogP contribution in [-0.2, 0) is 24.2 Å². The lowest BCUT2D eigenvalue weighted by molar-refractivity contribution is -0.137. The van der Waals surface area contributed by atoms with Crippen LogP contribution in [0.25, 0.3) is 11.1 Å². The SMILES string of the molecule is CCCc1ccc(-c2cc(C(C)=O)ccc2OCc2cc(C)ccn2)cc1CCCC(=O)O. The van der Waals surface area contributed by atoms with Gasteiger partial charge in [-0.15, -0.1) is 0 Å². The topological polar surface area (TPSA) is 76.5 Å². The minimum atomic E-state index is -0.780. The highest BCUT2D eigenvalue weighted by molar-refractivity contribution is 5.96. The molecule has 0 bridgehead atoms. The lowest BCUT2D eigenvalue weighted by Crippen LogP contribution is -2.02. The summed E-state index contributed by atoms with van der Waals surface area (Å²) in [6, 6.07) is 15.7. The van der Waals surface area contributed by atoms with Crippen molar-refractivity contribution in [3.63, 3.8) is 0 Å². The van der Waals surface area contributed by atoms with Gasteiger partial charge in [0.15, 0.2) is 5.78 Å². The molecule has 33 heavy (non-hydrogen) atoms. The monoisotopic (exact) mass is 445 g/mol. The molecule has 0 aliphatic rings. The van der Waals surface area contributed by atoms with Crippen LogP contribution in [0.4, 0.5) is 0 Å². The van der Waals surface area contributed by atoms with E-state index in [-0.39, 0.29) is 12.2 Å². The average molecular weight is 446 g/mol. The number of hydrogen-bond donors (Lipinski definition) is 1. The summed E-state index contributed by atoms with van der Waals surface area (Å²) in [5.74, 6) is -0.103. The molecular formula is C28H31NO4. The van der Waals surface area contributed by atoms with Gasteiger partial charge in [-0.05, 0) is 85.7 Å². The van der Waals surface area contributed by atoms with Gasteiger partial charge in [0.25, 0.3) is 0 Å². The zero-order valence-corrected chi connectivity index (χ0v) is 19.6. The van der Waals surface area contributed by atoms with Crippen molar-refractivity contribution in [1.29, 1.82) is 0 Å². The fourth-order valence-electron chi connectivity index (χ4n) is 3.90. The molecule has 0 spiro atoms. The van der Waals surface area contributed by atoms with E-state index in [4.69, 9.17) is 9.84 Å². The number of aromatic nitrogens is 1. The van der Waals surface area contributed by atoms with Crippen molar-refractivity contribution >= 4 is 11.8 Å². The van der Waals surface area contributed by atoms with Gasteiger partial charge >= 0.3 is 5.97 Å². The summed E-state index contributed by atoms with van der Waals surface area (Å²) in [6.45, 7) is 6.03. The number of aryl methyl sites for hydroxylation is 3. The summed E-state index contributed by atoms with van der Waals surface area (Å²) >= 11 is 0. The maximum Gasteiger partial charge on any atom is 0.303 e. The maximum absolute atomic E-state index is 12.1. The highest BCUT2D eigenvalue weighted by atomic mass is 16.5. The van der Waals surface area contributed by atoms with Crippen LogP contribution in [0, 0.1) is 6.92 Å². The molecule has 1 aromatic heterocycles. The molecule has 0 radical (unpaired) electrons. The first-order valence-corrected chi connectivity index (χ1v) is 11.4. The number of ether oxygens (including phenoxy) is 1. The molecule has 3 rings (SSSR count). The number of aliphatic carboxylic acids is 1. The van der Waals surface area contributed by atoms with Crippen molar-refractivity contribution in [1.82, 2.24) is 4.98 Å². The van der Waals surface area contributed by atoms with Crippen LogP contribution in [0.1, 0.15) is 65.9 Å². The molecule has 1 heterocycles. The predicted octanol–water partition coefficient (Wildman–Crippen LogP) is 6.20. The summed E-state index contributed by atoms with van der Waals surface area (Å²) < 4.78 is 6.15. The molecule has 0 amide bonds. The molecular weight excluding hydrogens is 414 g/mol. The van der Waals surface area contributed by atoms with Gasteiger partial charge in [0, 0.05) is 23.7 Å². The van der Waals surface area contributed by atoms with Gasteiger partial charge in [-0.1, -0.05) is 31.5 Å². The molecule has 0 atom stereocenters. The third kappa shape index (κ3) is 6.75. The number of pyridine rings is 1. The van der Waals surface area contributed by atoms with E-state index in [0.29, 0.717) is 30.8 Å². The van der Waals surface area contributed by atoms with Gasteiger partial charge in [-0.25, -0.2) is 0 Å². The Morgan fingerprint density at radius 2 is 1.82 bits per heavy atom. The van der Waals surface area contributed by atoms with E-state index in [1.165, 1.54) is 5.56 Å². The number of carbonyl (C=O) groups is 2. The number of Topliss-reactive ketones (excluding diaryl/α,β-unsaturated/α-hetero) is 1. The summed E-state index contributed by atoms with van der Waals surface area (Å²) in [5, 5.41) is 9.03. The fourth-order valence-corrected chi connectivity index (χ4v) is 3.90. The third-order valence-electron chi connectivity index (χ3n) is 5.61. The number of carboxylic acid groups (broad SMARTS) is 1. The molecule has 5 heteroatoms. The molecule has 0 saturated heterocycles. The molecule has 172 valence electrons. The Bertz CT molecular complexity index is 1140. The van der Waals surface area contributed by atoms with Crippen molar-refractivity contribution < 1.29 is 19.4 Å². The summed E-state index contributed by atoms with van der Waals surface area (Å²) in [5.41, 5.74) is 6.76. The van der Waals surface area contributed by atoms with Crippen molar-refractivity contribution in [2.45, 2.75) is 59.5 Å². The minimum Gasteiger partial charge on any atom is -0.487 e. The largest absolute Gasteiger partial charge is 0.487 e. The number of carboxylic acids is 1. The van der Waals surface area contributed by atoms with Crippen molar-refractivity contribution in [3.8, 4) is 16.9 Å². The van der Waals surface area contributed by atoms with Crippen LogP contribution in [0.3, 0.4) is 0 Å². The Morgan fingerprint density at radius 3 is 2.52 bits per heavy atom. The smallest absolute Gasteiger partial charge is 0.303 e. The van der Waals surface area contributed by atoms with E-state index in [2.05, 4.69) is 30.1 Å². The summed E-state index contributed by atoms with van der Waals surface area (Å²) in [6.07, 6.45) is 5.16. The Kier molecular flexibility index (Phi) is 8.36. The summed E-state index contributed by atoms with van der Waals surface area (Å²) in [4.78, 5) is 27.4. The van der Waals surface area contributed by atoms with Gasteiger partial charge in [-0.3, -0.25) is 14.6 Å². The van der Waals surface area contributed by atoms with E-state index < -0.39 is 5.97 Å². The maximum atomic E-state index is 12.1. The predicted molar refractivity (Wildman–Crippen MR) is 130 cm³/mol.